The van der Waals surface area contributed by atoms with Crippen LogP contribution in [0.25, 0.3) is 10.4 Å². The van der Waals surface area contributed by atoms with Crippen molar-refractivity contribution in [2.75, 3.05) is 31.1 Å². The van der Waals surface area contributed by atoms with Gasteiger partial charge in [-0.3, -0.25) is 14.6 Å². The number of benzene rings is 1. The van der Waals surface area contributed by atoms with Crippen molar-refractivity contribution >= 4 is 28.8 Å². The van der Waals surface area contributed by atoms with E-state index in [-0.39, 0.29) is 5.91 Å². The molecular weight excluding hydrogens is 384 g/mol. The maximum absolute atomic E-state index is 12.9. The Balaban J connectivity index is 1.40. The summed E-state index contributed by atoms with van der Waals surface area (Å²) in [6.45, 7) is 4.86. The van der Waals surface area contributed by atoms with Crippen LogP contribution in [0.1, 0.15) is 25.6 Å². The third-order valence-electron chi connectivity index (χ3n) is 5.19. The van der Waals surface area contributed by atoms with Crippen LogP contribution in [0.3, 0.4) is 0 Å². The van der Waals surface area contributed by atoms with Gasteiger partial charge in [0.2, 0.25) is 5.91 Å². The van der Waals surface area contributed by atoms with E-state index in [1.54, 1.807) is 18.3 Å². The summed E-state index contributed by atoms with van der Waals surface area (Å²) < 4.78 is 0. The highest BCUT2D eigenvalue weighted by Gasteiger charge is 2.23. The monoisotopic (exact) mass is 406 g/mol. The lowest BCUT2D eigenvalue weighted by Gasteiger charge is -2.36. The number of amides is 2. The SMILES string of the molecule is Cc1cnccc1-c1ccc(C(=O)N2CCN(c3ccc(C(N)=O)cc3)CC2)s1. The van der Waals surface area contributed by atoms with E-state index >= 15 is 0 Å². The largest absolute Gasteiger partial charge is 0.368 e. The summed E-state index contributed by atoms with van der Waals surface area (Å²) >= 11 is 1.53. The van der Waals surface area contributed by atoms with Crippen LogP contribution in [-0.4, -0.2) is 47.9 Å². The zero-order chi connectivity index (χ0) is 20.4. The van der Waals surface area contributed by atoms with Crippen molar-refractivity contribution in [2.24, 2.45) is 5.73 Å². The minimum atomic E-state index is -0.427. The Bertz CT molecular complexity index is 1040. The van der Waals surface area contributed by atoms with Gasteiger partial charge in [-0.1, -0.05) is 0 Å². The molecule has 1 aromatic carbocycles. The first-order chi connectivity index (χ1) is 14.0. The number of nitrogens with zero attached hydrogens (tertiary/aromatic N) is 3. The number of carbonyl (C=O) groups excluding carboxylic acids is 2. The second kappa shape index (κ2) is 8.05. The Morgan fingerprint density at radius 1 is 1.00 bits per heavy atom. The molecule has 2 aromatic heterocycles. The molecule has 0 unspecified atom stereocenters. The maximum Gasteiger partial charge on any atom is 0.264 e. The Kier molecular flexibility index (Phi) is 5.31. The topological polar surface area (TPSA) is 79.5 Å². The van der Waals surface area contributed by atoms with E-state index in [4.69, 9.17) is 5.73 Å². The van der Waals surface area contributed by atoms with E-state index in [2.05, 4.69) is 9.88 Å². The molecule has 0 spiro atoms. The first-order valence-electron chi connectivity index (χ1n) is 9.48. The van der Waals surface area contributed by atoms with Crippen LogP contribution in [0.2, 0.25) is 0 Å². The summed E-state index contributed by atoms with van der Waals surface area (Å²) in [4.78, 5) is 34.3. The molecule has 0 atom stereocenters. The Hall–Kier alpha value is -3.19. The van der Waals surface area contributed by atoms with Gasteiger partial charge < -0.3 is 15.5 Å². The summed E-state index contributed by atoms with van der Waals surface area (Å²) in [7, 11) is 0. The molecule has 2 N–H and O–H groups in total. The molecule has 0 aliphatic carbocycles. The molecule has 7 heteroatoms. The highest BCUT2D eigenvalue weighted by Crippen LogP contribution is 2.31. The lowest BCUT2D eigenvalue weighted by atomic mass is 10.1. The summed E-state index contributed by atoms with van der Waals surface area (Å²) in [5, 5.41) is 0. The number of thiophene rings is 1. The second-order valence-electron chi connectivity index (χ2n) is 7.04. The molecule has 1 aliphatic rings. The number of hydrogen-bond donors (Lipinski definition) is 1. The lowest BCUT2D eigenvalue weighted by Crippen LogP contribution is -2.48. The van der Waals surface area contributed by atoms with Gasteiger partial charge in [-0.05, 0) is 60.5 Å². The van der Waals surface area contributed by atoms with Crippen LogP contribution in [0.15, 0.2) is 54.9 Å². The van der Waals surface area contributed by atoms with Gasteiger partial charge >= 0.3 is 0 Å². The Labute approximate surface area is 173 Å². The zero-order valence-corrected chi connectivity index (χ0v) is 17.0. The van der Waals surface area contributed by atoms with Gasteiger partial charge in [0.25, 0.3) is 5.91 Å². The minimum absolute atomic E-state index is 0.0803. The predicted molar refractivity (Wildman–Crippen MR) is 115 cm³/mol. The number of nitrogens with two attached hydrogens (primary N) is 1. The summed E-state index contributed by atoms with van der Waals surface area (Å²) in [5.74, 6) is -0.346. The molecule has 3 aromatic rings. The van der Waals surface area contributed by atoms with Crippen molar-refractivity contribution < 1.29 is 9.59 Å². The maximum atomic E-state index is 12.9. The summed E-state index contributed by atoms with van der Waals surface area (Å²) in [6.07, 6.45) is 3.62. The molecule has 1 saturated heterocycles. The number of rotatable bonds is 4. The van der Waals surface area contributed by atoms with Gasteiger partial charge in [-0.15, -0.1) is 11.3 Å². The number of piperazine rings is 1. The molecule has 1 fully saturated rings. The van der Waals surface area contributed by atoms with Crippen molar-refractivity contribution in [3.63, 3.8) is 0 Å². The van der Waals surface area contributed by atoms with E-state index in [9.17, 15) is 9.59 Å². The molecule has 1 aliphatic heterocycles. The van der Waals surface area contributed by atoms with Crippen molar-refractivity contribution in [1.82, 2.24) is 9.88 Å². The van der Waals surface area contributed by atoms with Crippen molar-refractivity contribution in [3.8, 4) is 10.4 Å². The number of aryl methyl sites for hydroxylation is 1. The fraction of sp³-hybridized carbons (Fsp3) is 0.227. The third-order valence-corrected chi connectivity index (χ3v) is 6.29. The summed E-state index contributed by atoms with van der Waals surface area (Å²) in [6, 6.07) is 13.2. The van der Waals surface area contributed by atoms with Gasteiger partial charge in [0, 0.05) is 54.7 Å². The molecule has 0 radical (unpaired) electrons. The third kappa shape index (κ3) is 4.00. The highest BCUT2D eigenvalue weighted by molar-refractivity contribution is 7.17. The number of primary amides is 1. The Morgan fingerprint density at radius 3 is 2.38 bits per heavy atom. The molecule has 3 heterocycles. The zero-order valence-electron chi connectivity index (χ0n) is 16.2. The van der Waals surface area contributed by atoms with E-state index in [0.29, 0.717) is 18.7 Å². The molecular formula is C22H22N4O2S. The number of hydrogen-bond acceptors (Lipinski definition) is 5. The van der Waals surface area contributed by atoms with Crippen molar-refractivity contribution in [1.29, 1.82) is 0 Å². The normalized spacial score (nSPS) is 14.1. The average molecular weight is 407 g/mol. The van der Waals surface area contributed by atoms with Crippen LogP contribution in [0.5, 0.6) is 0 Å². The smallest absolute Gasteiger partial charge is 0.264 e. The molecule has 0 saturated carbocycles. The standard InChI is InChI=1S/C22H22N4O2S/c1-15-14-24-9-8-18(15)19-6-7-20(29-19)22(28)26-12-10-25(11-13-26)17-4-2-16(3-5-17)21(23)27/h2-9,14H,10-13H2,1H3,(H2,23,27). The van der Waals surface area contributed by atoms with E-state index in [0.717, 1.165) is 39.7 Å². The highest BCUT2D eigenvalue weighted by atomic mass is 32.1. The number of anilines is 1. The predicted octanol–water partition coefficient (Wildman–Crippen LogP) is 3.18. The van der Waals surface area contributed by atoms with Crippen LogP contribution in [0.4, 0.5) is 5.69 Å². The molecule has 4 rings (SSSR count). The fourth-order valence-electron chi connectivity index (χ4n) is 3.51. The molecule has 29 heavy (non-hydrogen) atoms. The van der Waals surface area contributed by atoms with Gasteiger partial charge in [0.05, 0.1) is 4.88 Å². The molecule has 0 bridgehead atoms. The quantitative estimate of drug-likeness (QED) is 0.722. The molecule has 148 valence electrons. The molecule has 2 amide bonds. The van der Waals surface area contributed by atoms with E-state index < -0.39 is 5.91 Å². The van der Waals surface area contributed by atoms with Crippen LogP contribution in [0, 0.1) is 6.92 Å². The average Bonchev–Trinajstić information content (AvgIpc) is 3.24. The van der Waals surface area contributed by atoms with Gasteiger partial charge in [-0.2, -0.15) is 0 Å². The van der Waals surface area contributed by atoms with Gasteiger partial charge in [0.15, 0.2) is 0 Å². The van der Waals surface area contributed by atoms with Crippen LogP contribution >= 0.6 is 11.3 Å². The number of aromatic nitrogens is 1. The molecule has 6 nitrogen and oxygen atoms in total. The number of carbonyl (C=O) groups is 2. The van der Waals surface area contributed by atoms with Crippen molar-refractivity contribution in [2.45, 2.75) is 6.92 Å². The summed E-state index contributed by atoms with van der Waals surface area (Å²) in [5.41, 5.74) is 9.05. The second-order valence-corrected chi connectivity index (χ2v) is 8.13. The van der Waals surface area contributed by atoms with Crippen molar-refractivity contribution in [3.05, 3.63) is 70.9 Å². The first-order valence-corrected chi connectivity index (χ1v) is 10.3. The lowest BCUT2D eigenvalue weighted by molar-refractivity contribution is 0.0751. The first kappa shape index (κ1) is 19.1. The number of pyridine rings is 1. The van der Waals surface area contributed by atoms with E-state index in [1.165, 1.54) is 11.3 Å². The van der Waals surface area contributed by atoms with Crippen LogP contribution < -0.4 is 10.6 Å². The van der Waals surface area contributed by atoms with Gasteiger partial charge in [-0.25, -0.2) is 0 Å². The van der Waals surface area contributed by atoms with Crippen LogP contribution in [-0.2, 0) is 0 Å². The fourth-order valence-corrected chi connectivity index (χ4v) is 4.57. The van der Waals surface area contributed by atoms with E-state index in [1.807, 2.05) is 48.4 Å². The minimum Gasteiger partial charge on any atom is -0.368 e. The Morgan fingerprint density at radius 2 is 1.72 bits per heavy atom. The van der Waals surface area contributed by atoms with Gasteiger partial charge in [0.1, 0.15) is 0 Å².